The number of halogens is 1. The van der Waals surface area contributed by atoms with E-state index in [-0.39, 0.29) is 5.82 Å². The highest BCUT2D eigenvalue weighted by Gasteiger charge is 2.15. The molecule has 0 saturated heterocycles. The Morgan fingerprint density at radius 1 is 1.23 bits per heavy atom. The molecule has 0 aliphatic carbocycles. The molecule has 0 amide bonds. The highest BCUT2D eigenvalue weighted by Crippen LogP contribution is 2.23. The molecule has 0 bridgehead atoms. The van der Waals surface area contributed by atoms with E-state index in [1.165, 1.54) is 12.1 Å². The number of hydrazine groups is 1. The van der Waals surface area contributed by atoms with Gasteiger partial charge in [0.15, 0.2) is 0 Å². The van der Waals surface area contributed by atoms with Crippen LogP contribution in [0.15, 0.2) is 47.5 Å². The first-order valence-corrected chi connectivity index (χ1v) is 7.16. The second-order valence-electron chi connectivity index (χ2n) is 5.23. The topological polar surface area (TPSA) is 50.8 Å². The molecule has 2 aromatic carbocycles. The van der Waals surface area contributed by atoms with Gasteiger partial charge in [0, 0.05) is 18.1 Å². The zero-order valence-electron chi connectivity index (χ0n) is 12.4. The van der Waals surface area contributed by atoms with Crippen LogP contribution in [0.25, 0.3) is 0 Å². The van der Waals surface area contributed by atoms with Gasteiger partial charge >= 0.3 is 0 Å². The number of rotatable bonds is 4. The first-order valence-electron chi connectivity index (χ1n) is 7.16. The Hall–Kier alpha value is -2.40. The van der Waals surface area contributed by atoms with E-state index in [4.69, 9.17) is 10.6 Å². The molecule has 2 aromatic rings. The van der Waals surface area contributed by atoms with Gasteiger partial charge in [-0.2, -0.15) is 0 Å². The van der Waals surface area contributed by atoms with Gasteiger partial charge in [-0.25, -0.2) is 10.2 Å². The number of nitrogens with two attached hydrogens (primary N) is 1. The molecule has 22 heavy (non-hydrogen) atoms. The molecule has 4 nitrogen and oxygen atoms in total. The molecule has 1 aliphatic heterocycles. The lowest BCUT2D eigenvalue weighted by Gasteiger charge is -2.14. The summed E-state index contributed by atoms with van der Waals surface area (Å²) in [5.74, 6) is 6.97. The maximum absolute atomic E-state index is 13.2. The van der Waals surface area contributed by atoms with E-state index in [1.54, 1.807) is 18.2 Å². The molecule has 1 aliphatic rings. The van der Waals surface area contributed by atoms with Crippen LogP contribution in [0.2, 0.25) is 0 Å². The number of hydrogen-bond donors (Lipinski definition) is 1. The summed E-state index contributed by atoms with van der Waals surface area (Å²) in [4.78, 5) is 4.39. The standard InChI is InChI=1S/C17H18FN3O/c1-22-16-11-15(18)7-6-14(16)10-12-2-4-13(5-3-12)17-20-8-9-21(17)19/h2-7,11H,8-10,19H2,1H3. The number of hydrogen-bond acceptors (Lipinski definition) is 4. The van der Waals surface area contributed by atoms with Crippen LogP contribution in [-0.2, 0) is 6.42 Å². The second kappa shape index (κ2) is 6.15. The average molecular weight is 299 g/mol. The smallest absolute Gasteiger partial charge is 0.145 e. The summed E-state index contributed by atoms with van der Waals surface area (Å²) >= 11 is 0. The first-order chi connectivity index (χ1) is 10.7. The Morgan fingerprint density at radius 2 is 2.00 bits per heavy atom. The number of ether oxygens (including phenoxy) is 1. The summed E-state index contributed by atoms with van der Waals surface area (Å²) in [7, 11) is 1.55. The summed E-state index contributed by atoms with van der Waals surface area (Å²) in [6, 6.07) is 12.7. The molecular weight excluding hydrogens is 281 g/mol. The largest absolute Gasteiger partial charge is 0.496 e. The first kappa shape index (κ1) is 14.5. The molecule has 0 radical (unpaired) electrons. The fraction of sp³-hybridized carbons (Fsp3) is 0.235. The minimum absolute atomic E-state index is 0.293. The summed E-state index contributed by atoms with van der Waals surface area (Å²) < 4.78 is 18.5. The lowest BCUT2D eigenvalue weighted by Crippen LogP contribution is -2.34. The molecule has 2 N–H and O–H groups in total. The van der Waals surface area contributed by atoms with Gasteiger partial charge in [0.2, 0.25) is 0 Å². The van der Waals surface area contributed by atoms with E-state index in [0.29, 0.717) is 12.2 Å². The molecule has 5 heteroatoms. The van der Waals surface area contributed by atoms with Gasteiger partial charge in [-0.3, -0.25) is 10.0 Å². The molecule has 0 aromatic heterocycles. The molecule has 0 fully saturated rings. The summed E-state index contributed by atoms with van der Waals surface area (Å²) in [5.41, 5.74) is 3.08. The molecule has 0 unspecified atom stereocenters. The van der Waals surface area contributed by atoms with Gasteiger partial charge in [0.25, 0.3) is 0 Å². The maximum Gasteiger partial charge on any atom is 0.145 e. The van der Waals surface area contributed by atoms with Gasteiger partial charge in [-0.05, 0) is 17.2 Å². The molecule has 0 saturated carbocycles. The third-order valence-corrected chi connectivity index (χ3v) is 3.73. The number of methoxy groups -OCH3 is 1. The van der Waals surface area contributed by atoms with E-state index in [9.17, 15) is 4.39 Å². The lowest BCUT2D eigenvalue weighted by atomic mass is 10.0. The van der Waals surface area contributed by atoms with Crippen LogP contribution in [0, 0.1) is 5.82 Å². The van der Waals surface area contributed by atoms with Crippen LogP contribution in [-0.4, -0.2) is 31.0 Å². The molecule has 114 valence electrons. The molecular formula is C17H18FN3O. The van der Waals surface area contributed by atoms with Crippen LogP contribution >= 0.6 is 0 Å². The van der Waals surface area contributed by atoms with Gasteiger partial charge in [-0.1, -0.05) is 30.3 Å². The number of amidine groups is 1. The van der Waals surface area contributed by atoms with Crippen molar-refractivity contribution in [2.24, 2.45) is 10.8 Å². The van der Waals surface area contributed by atoms with E-state index in [1.807, 2.05) is 24.3 Å². The van der Waals surface area contributed by atoms with Crippen LogP contribution in [0.5, 0.6) is 5.75 Å². The zero-order chi connectivity index (χ0) is 15.5. The summed E-state index contributed by atoms with van der Waals surface area (Å²) in [5, 5.41) is 1.66. The van der Waals surface area contributed by atoms with Crippen LogP contribution in [0.1, 0.15) is 16.7 Å². The van der Waals surface area contributed by atoms with E-state index < -0.39 is 0 Å². The third-order valence-electron chi connectivity index (χ3n) is 3.73. The van der Waals surface area contributed by atoms with Crippen molar-refractivity contribution in [1.82, 2.24) is 5.01 Å². The molecule has 0 spiro atoms. The van der Waals surface area contributed by atoms with Crippen molar-refractivity contribution >= 4 is 5.84 Å². The number of aliphatic imine (C=N–C) groups is 1. The Balaban J connectivity index is 1.79. The SMILES string of the molecule is COc1cc(F)ccc1Cc1ccc(C2=NCCN2N)cc1. The van der Waals surface area contributed by atoms with Gasteiger partial charge in [-0.15, -0.1) is 0 Å². The quantitative estimate of drug-likeness (QED) is 0.882. The predicted molar refractivity (Wildman–Crippen MR) is 84.5 cm³/mol. The van der Waals surface area contributed by atoms with Crippen molar-refractivity contribution in [1.29, 1.82) is 0 Å². The van der Waals surface area contributed by atoms with Gasteiger partial charge in [0.05, 0.1) is 20.2 Å². The van der Waals surface area contributed by atoms with E-state index >= 15 is 0 Å². The predicted octanol–water partition coefficient (Wildman–Crippen LogP) is 2.36. The van der Waals surface area contributed by atoms with Gasteiger partial charge in [0.1, 0.15) is 17.4 Å². The third kappa shape index (κ3) is 2.94. The minimum Gasteiger partial charge on any atom is -0.496 e. The Morgan fingerprint density at radius 3 is 2.64 bits per heavy atom. The van der Waals surface area contributed by atoms with Crippen molar-refractivity contribution in [3.8, 4) is 5.75 Å². The van der Waals surface area contributed by atoms with Crippen LogP contribution in [0.4, 0.5) is 4.39 Å². The highest BCUT2D eigenvalue weighted by molar-refractivity contribution is 5.99. The van der Waals surface area contributed by atoms with Crippen LogP contribution < -0.4 is 10.6 Å². The summed E-state index contributed by atoms with van der Waals surface area (Å²) in [6.45, 7) is 1.49. The molecule has 3 rings (SSSR count). The Bertz CT molecular complexity index is 698. The van der Waals surface area contributed by atoms with Crippen molar-refractivity contribution in [2.75, 3.05) is 20.2 Å². The maximum atomic E-state index is 13.2. The fourth-order valence-corrected chi connectivity index (χ4v) is 2.57. The Labute approximate surface area is 129 Å². The Kier molecular flexibility index (Phi) is 4.06. The second-order valence-corrected chi connectivity index (χ2v) is 5.23. The number of nitrogens with zero attached hydrogens (tertiary/aromatic N) is 2. The molecule has 0 atom stereocenters. The lowest BCUT2D eigenvalue weighted by molar-refractivity contribution is 0.407. The van der Waals surface area contributed by atoms with E-state index in [2.05, 4.69) is 4.99 Å². The van der Waals surface area contributed by atoms with Crippen molar-refractivity contribution in [2.45, 2.75) is 6.42 Å². The fourth-order valence-electron chi connectivity index (χ4n) is 2.57. The molecule has 1 heterocycles. The zero-order valence-corrected chi connectivity index (χ0v) is 12.4. The summed E-state index contributed by atoms with van der Waals surface area (Å²) in [6.07, 6.45) is 0.683. The number of benzene rings is 2. The van der Waals surface area contributed by atoms with E-state index in [0.717, 1.165) is 35.6 Å². The van der Waals surface area contributed by atoms with Crippen molar-refractivity contribution in [3.05, 3.63) is 65.0 Å². The minimum atomic E-state index is -0.293. The van der Waals surface area contributed by atoms with Crippen molar-refractivity contribution in [3.63, 3.8) is 0 Å². The van der Waals surface area contributed by atoms with Crippen molar-refractivity contribution < 1.29 is 9.13 Å². The van der Waals surface area contributed by atoms with Crippen LogP contribution in [0.3, 0.4) is 0 Å². The average Bonchev–Trinajstić information content (AvgIpc) is 2.96. The monoisotopic (exact) mass is 299 g/mol. The van der Waals surface area contributed by atoms with Gasteiger partial charge < -0.3 is 4.74 Å². The normalized spacial score (nSPS) is 14.1. The highest BCUT2D eigenvalue weighted by atomic mass is 19.1.